The molecule has 8 heteroatoms. The molecule has 0 aliphatic carbocycles. The van der Waals surface area contributed by atoms with Gasteiger partial charge in [0.25, 0.3) is 5.91 Å². The van der Waals surface area contributed by atoms with Crippen LogP contribution in [0.1, 0.15) is 12.5 Å². The van der Waals surface area contributed by atoms with Crippen molar-refractivity contribution < 1.29 is 17.9 Å². The van der Waals surface area contributed by atoms with Crippen LogP contribution < -0.4 is 14.4 Å². The van der Waals surface area contributed by atoms with E-state index in [1.807, 2.05) is 12.1 Å². The predicted octanol–water partition coefficient (Wildman–Crippen LogP) is 2.57. The highest BCUT2D eigenvalue weighted by atomic mass is 35.5. The number of hydrogen-bond donors (Lipinski definition) is 1. The molecule has 0 aromatic heterocycles. The Morgan fingerprint density at radius 2 is 1.92 bits per heavy atom. The van der Waals surface area contributed by atoms with E-state index < -0.39 is 16.1 Å². The number of benzene rings is 2. The van der Waals surface area contributed by atoms with E-state index in [9.17, 15) is 13.2 Å². The first-order valence-corrected chi connectivity index (χ1v) is 10.2. The smallest absolute Gasteiger partial charge is 0.263 e. The summed E-state index contributed by atoms with van der Waals surface area (Å²) < 4.78 is 31.8. The molecule has 0 saturated heterocycles. The van der Waals surface area contributed by atoms with Crippen LogP contribution in [0.2, 0.25) is 5.02 Å². The molecule has 0 fully saturated rings. The number of nitrogens with one attached hydrogen (secondary N) is 1. The Hall–Kier alpha value is -2.25. The largest absolute Gasteiger partial charge is 0.476 e. The van der Waals surface area contributed by atoms with Crippen molar-refractivity contribution in [3.05, 3.63) is 59.1 Å². The van der Waals surface area contributed by atoms with Gasteiger partial charge >= 0.3 is 0 Å². The highest BCUT2D eigenvalue weighted by Gasteiger charge is 2.35. The van der Waals surface area contributed by atoms with E-state index in [-0.39, 0.29) is 18.2 Å². The van der Waals surface area contributed by atoms with Crippen LogP contribution in [0.25, 0.3) is 0 Å². The first-order chi connectivity index (χ1) is 12.4. The van der Waals surface area contributed by atoms with Crippen LogP contribution in [-0.2, 0) is 21.4 Å². The van der Waals surface area contributed by atoms with Gasteiger partial charge in [-0.15, -0.1) is 0 Å². The van der Waals surface area contributed by atoms with Gasteiger partial charge in [0.15, 0.2) is 6.10 Å². The summed E-state index contributed by atoms with van der Waals surface area (Å²) >= 11 is 5.85. The first kappa shape index (κ1) is 18.5. The van der Waals surface area contributed by atoms with E-state index in [2.05, 4.69) is 5.32 Å². The van der Waals surface area contributed by atoms with Crippen molar-refractivity contribution in [3.63, 3.8) is 0 Å². The SMILES string of the molecule is CCS(=O)(=O)N1CC(C(=O)NCc2ccc(Cl)cc2)Oc2ccccc21. The molecule has 26 heavy (non-hydrogen) atoms. The summed E-state index contributed by atoms with van der Waals surface area (Å²) in [6.07, 6.45) is -0.918. The minimum atomic E-state index is -3.51. The number of anilines is 1. The zero-order chi connectivity index (χ0) is 18.7. The van der Waals surface area contributed by atoms with Gasteiger partial charge < -0.3 is 10.1 Å². The Kier molecular flexibility index (Phi) is 5.38. The fourth-order valence-corrected chi connectivity index (χ4v) is 3.91. The van der Waals surface area contributed by atoms with E-state index in [1.165, 1.54) is 4.31 Å². The molecule has 0 radical (unpaired) electrons. The van der Waals surface area contributed by atoms with Gasteiger partial charge in [0.2, 0.25) is 10.0 Å². The average molecular weight is 395 g/mol. The maximum Gasteiger partial charge on any atom is 0.263 e. The number of fused-ring (bicyclic) bond motifs is 1. The lowest BCUT2D eigenvalue weighted by atomic mass is 10.2. The molecule has 6 nitrogen and oxygen atoms in total. The molecule has 1 N–H and O–H groups in total. The number of para-hydroxylation sites is 2. The van der Waals surface area contributed by atoms with Gasteiger partial charge in [-0.25, -0.2) is 8.42 Å². The fraction of sp³-hybridized carbons (Fsp3) is 0.278. The molecule has 0 bridgehead atoms. The quantitative estimate of drug-likeness (QED) is 0.845. The van der Waals surface area contributed by atoms with Crippen LogP contribution in [0.5, 0.6) is 5.75 Å². The average Bonchev–Trinajstić information content (AvgIpc) is 2.66. The molecule has 1 unspecified atom stereocenters. The van der Waals surface area contributed by atoms with Gasteiger partial charge in [0, 0.05) is 11.6 Å². The molecule has 1 aliphatic heterocycles. The van der Waals surface area contributed by atoms with Crippen molar-refractivity contribution in [2.45, 2.75) is 19.6 Å². The number of hydrogen-bond acceptors (Lipinski definition) is 4. The molecule has 1 heterocycles. The van der Waals surface area contributed by atoms with Gasteiger partial charge in [0.05, 0.1) is 18.0 Å². The molecule has 0 saturated carbocycles. The molecule has 1 amide bonds. The van der Waals surface area contributed by atoms with Crippen molar-refractivity contribution >= 4 is 33.2 Å². The number of halogens is 1. The summed E-state index contributed by atoms with van der Waals surface area (Å²) in [5.41, 5.74) is 1.34. The third-order valence-electron chi connectivity index (χ3n) is 4.11. The monoisotopic (exact) mass is 394 g/mol. The second kappa shape index (κ2) is 7.55. The number of nitrogens with zero attached hydrogens (tertiary/aromatic N) is 1. The number of rotatable bonds is 5. The van der Waals surface area contributed by atoms with E-state index >= 15 is 0 Å². The summed E-state index contributed by atoms with van der Waals surface area (Å²) in [6.45, 7) is 1.82. The summed E-state index contributed by atoms with van der Waals surface area (Å²) in [6, 6.07) is 13.9. The third-order valence-corrected chi connectivity index (χ3v) is 6.11. The van der Waals surface area contributed by atoms with Crippen molar-refractivity contribution in [1.29, 1.82) is 0 Å². The third kappa shape index (κ3) is 3.94. The van der Waals surface area contributed by atoms with Crippen LogP contribution in [0.15, 0.2) is 48.5 Å². The van der Waals surface area contributed by atoms with E-state index in [4.69, 9.17) is 16.3 Å². The molecule has 2 aromatic rings. The molecular formula is C18H19ClN2O4S. The maximum absolute atomic E-state index is 12.5. The van der Waals surface area contributed by atoms with Crippen LogP contribution >= 0.6 is 11.6 Å². The normalized spacial score (nSPS) is 16.5. The second-order valence-electron chi connectivity index (χ2n) is 5.85. The Labute approximate surface area is 157 Å². The van der Waals surface area contributed by atoms with Crippen LogP contribution in [0.4, 0.5) is 5.69 Å². The van der Waals surface area contributed by atoms with Crippen molar-refractivity contribution in [3.8, 4) is 5.75 Å². The van der Waals surface area contributed by atoms with E-state index in [0.717, 1.165) is 5.56 Å². The maximum atomic E-state index is 12.5. The molecule has 1 atom stereocenters. The highest BCUT2D eigenvalue weighted by Crippen LogP contribution is 2.35. The number of carbonyl (C=O) groups is 1. The molecule has 2 aromatic carbocycles. The Balaban J connectivity index is 1.76. The highest BCUT2D eigenvalue weighted by molar-refractivity contribution is 7.92. The van der Waals surface area contributed by atoms with Gasteiger partial charge in [0.1, 0.15) is 5.75 Å². The number of carbonyl (C=O) groups excluding carboxylic acids is 1. The lowest BCUT2D eigenvalue weighted by Gasteiger charge is -2.34. The summed E-state index contributed by atoms with van der Waals surface area (Å²) in [4.78, 5) is 12.5. The van der Waals surface area contributed by atoms with E-state index in [1.54, 1.807) is 43.3 Å². The molecule has 0 spiro atoms. The summed E-state index contributed by atoms with van der Waals surface area (Å²) in [5, 5.41) is 3.40. The van der Waals surface area contributed by atoms with Crippen molar-refractivity contribution in [1.82, 2.24) is 5.32 Å². The van der Waals surface area contributed by atoms with Crippen molar-refractivity contribution in [2.24, 2.45) is 0 Å². The Morgan fingerprint density at radius 1 is 1.23 bits per heavy atom. The Bertz CT molecular complexity index is 900. The topological polar surface area (TPSA) is 75.7 Å². The molecule has 138 valence electrons. The first-order valence-electron chi connectivity index (χ1n) is 8.19. The fourth-order valence-electron chi connectivity index (χ4n) is 2.66. The van der Waals surface area contributed by atoms with E-state index in [0.29, 0.717) is 23.0 Å². The zero-order valence-corrected chi connectivity index (χ0v) is 15.8. The Morgan fingerprint density at radius 3 is 2.62 bits per heavy atom. The molecule has 1 aliphatic rings. The zero-order valence-electron chi connectivity index (χ0n) is 14.2. The predicted molar refractivity (Wildman–Crippen MR) is 101 cm³/mol. The molecule has 3 rings (SSSR count). The number of sulfonamides is 1. The van der Waals surface area contributed by atoms with Crippen molar-refractivity contribution in [2.75, 3.05) is 16.6 Å². The van der Waals surface area contributed by atoms with Gasteiger partial charge in [-0.1, -0.05) is 35.9 Å². The summed E-state index contributed by atoms with van der Waals surface area (Å²) in [7, 11) is -3.51. The lowest BCUT2D eigenvalue weighted by Crippen LogP contribution is -2.50. The summed E-state index contributed by atoms with van der Waals surface area (Å²) in [5.74, 6) is -0.0475. The van der Waals surface area contributed by atoms with Crippen LogP contribution in [-0.4, -0.2) is 32.7 Å². The minimum Gasteiger partial charge on any atom is -0.476 e. The van der Waals surface area contributed by atoms with Crippen LogP contribution in [0.3, 0.4) is 0 Å². The lowest BCUT2D eigenvalue weighted by molar-refractivity contribution is -0.127. The van der Waals surface area contributed by atoms with Gasteiger partial charge in [-0.2, -0.15) is 0 Å². The minimum absolute atomic E-state index is 0.0551. The van der Waals surface area contributed by atoms with Crippen LogP contribution in [0, 0.1) is 0 Å². The van der Waals surface area contributed by atoms with Gasteiger partial charge in [-0.05, 0) is 36.8 Å². The standard InChI is InChI=1S/C18H19ClN2O4S/c1-2-26(23,24)21-12-17(25-16-6-4-3-5-15(16)21)18(22)20-11-13-7-9-14(19)10-8-13/h3-10,17H,2,11-12H2,1H3,(H,20,22). The van der Waals surface area contributed by atoms with Gasteiger partial charge in [-0.3, -0.25) is 9.10 Å². The number of ether oxygens (including phenoxy) is 1. The molecular weight excluding hydrogens is 376 g/mol. The number of amides is 1. The second-order valence-corrected chi connectivity index (χ2v) is 8.47.